The van der Waals surface area contributed by atoms with Crippen molar-refractivity contribution in [3.63, 3.8) is 0 Å². The summed E-state index contributed by atoms with van der Waals surface area (Å²) < 4.78 is 27.9. The molecule has 0 fully saturated rings. The maximum Gasteiger partial charge on any atom is 0.255 e. The smallest absolute Gasteiger partial charge is 0.255 e. The van der Waals surface area contributed by atoms with E-state index >= 15 is 0 Å². The molecule has 0 unspecified atom stereocenters. The van der Waals surface area contributed by atoms with Gasteiger partial charge in [-0.15, -0.1) is 0 Å². The van der Waals surface area contributed by atoms with E-state index in [1.807, 2.05) is 48.5 Å². The predicted octanol–water partition coefficient (Wildman–Crippen LogP) is 7.12. The van der Waals surface area contributed by atoms with Gasteiger partial charge < -0.3 is 24.8 Å². The number of carbonyl (C=O) groups is 1. The van der Waals surface area contributed by atoms with Crippen molar-refractivity contribution in [2.24, 2.45) is 0 Å². The van der Waals surface area contributed by atoms with Crippen LogP contribution in [0.25, 0.3) is 11.1 Å². The van der Waals surface area contributed by atoms with E-state index < -0.39 is 0 Å². The summed E-state index contributed by atoms with van der Waals surface area (Å²) >= 11 is 7.68. The number of nitrogens with one attached hydrogen (secondary N) is 3. The van der Waals surface area contributed by atoms with E-state index in [4.69, 9.17) is 21.1 Å². The second-order valence-electron chi connectivity index (χ2n) is 8.16. The summed E-state index contributed by atoms with van der Waals surface area (Å²) in [6, 6.07) is 24.8. The molecule has 9 heteroatoms. The molecule has 0 atom stereocenters. The summed E-state index contributed by atoms with van der Waals surface area (Å²) in [7, 11) is 3.14. The summed E-state index contributed by atoms with van der Waals surface area (Å²) in [6.45, 7) is 0.984. The molecule has 4 aromatic rings. The van der Waals surface area contributed by atoms with Gasteiger partial charge in [0.05, 0.1) is 24.7 Å². The zero-order valence-corrected chi connectivity index (χ0v) is 22.5. The maximum atomic E-state index is 13.8. The van der Waals surface area contributed by atoms with E-state index in [0.717, 1.165) is 21.8 Å². The van der Waals surface area contributed by atoms with Crippen molar-refractivity contribution >= 4 is 40.8 Å². The zero-order valence-electron chi connectivity index (χ0n) is 20.9. The Morgan fingerprint density at radius 3 is 2.47 bits per heavy atom. The molecular formula is C29H27ClFN3O3S. The number of hydrogen-bond donors (Lipinski definition) is 3. The van der Waals surface area contributed by atoms with E-state index in [1.165, 1.54) is 24.1 Å². The molecule has 0 saturated heterocycles. The number of ether oxygens (including phenoxy) is 2. The van der Waals surface area contributed by atoms with Gasteiger partial charge in [-0.25, -0.2) is 4.39 Å². The molecule has 1 amide bonds. The minimum Gasteiger partial charge on any atom is -0.496 e. The van der Waals surface area contributed by atoms with Crippen molar-refractivity contribution in [2.45, 2.75) is 4.90 Å². The van der Waals surface area contributed by atoms with E-state index in [0.29, 0.717) is 40.7 Å². The van der Waals surface area contributed by atoms with Gasteiger partial charge in [-0.1, -0.05) is 35.9 Å². The van der Waals surface area contributed by atoms with Gasteiger partial charge in [0.1, 0.15) is 17.3 Å². The Labute approximate surface area is 230 Å². The standard InChI is InChI=1S/C29H27ClFN3O3S/c1-36-26-9-4-3-8-23(26)29(35)33-15-14-32-21-6-5-7-22(18-21)34-38-28-16-19(10-13-27(28)37-2)24-17-20(31)11-12-25(24)30/h3-13,16-18,32,34H,14-15H2,1-2H3,(H,33,35). The Kier molecular flexibility index (Phi) is 9.35. The fourth-order valence-electron chi connectivity index (χ4n) is 3.76. The lowest BCUT2D eigenvalue weighted by atomic mass is 10.1. The summed E-state index contributed by atoms with van der Waals surface area (Å²) in [6.07, 6.45) is 0. The molecule has 3 N–H and O–H groups in total. The predicted molar refractivity (Wildman–Crippen MR) is 153 cm³/mol. The third kappa shape index (κ3) is 6.90. The number of amides is 1. The summed E-state index contributed by atoms with van der Waals surface area (Å²) in [5.41, 5.74) is 3.66. The maximum absolute atomic E-state index is 13.8. The van der Waals surface area contributed by atoms with Gasteiger partial charge in [0.15, 0.2) is 0 Å². The van der Waals surface area contributed by atoms with Crippen LogP contribution in [-0.4, -0.2) is 33.2 Å². The molecule has 0 bridgehead atoms. The van der Waals surface area contributed by atoms with Crippen LogP contribution in [0.3, 0.4) is 0 Å². The van der Waals surface area contributed by atoms with Crippen molar-refractivity contribution in [3.8, 4) is 22.6 Å². The highest BCUT2D eigenvalue weighted by Crippen LogP contribution is 2.37. The number of carbonyl (C=O) groups excluding carboxylic acids is 1. The van der Waals surface area contributed by atoms with Crippen LogP contribution in [0.1, 0.15) is 10.4 Å². The largest absolute Gasteiger partial charge is 0.496 e. The Bertz CT molecular complexity index is 1420. The molecule has 0 aromatic heterocycles. The quantitative estimate of drug-likeness (QED) is 0.136. The third-order valence-corrected chi connectivity index (χ3v) is 6.84. The third-order valence-electron chi connectivity index (χ3n) is 5.64. The highest BCUT2D eigenvalue weighted by molar-refractivity contribution is 8.00. The molecule has 38 heavy (non-hydrogen) atoms. The molecule has 4 aromatic carbocycles. The molecule has 0 aliphatic rings. The monoisotopic (exact) mass is 551 g/mol. The molecule has 0 saturated carbocycles. The lowest BCUT2D eigenvalue weighted by Crippen LogP contribution is -2.29. The minimum atomic E-state index is -0.351. The lowest BCUT2D eigenvalue weighted by molar-refractivity contribution is 0.0952. The van der Waals surface area contributed by atoms with Gasteiger partial charge in [0.2, 0.25) is 0 Å². The van der Waals surface area contributed by atoms with Crippen molar-refractivity contribution < 1.29 is 18.7 Å². The van der Waals surface area contributed by atoms with Crippen LogP contribution in [0.5, 0.6) is 11.5 Å². The molecular weight excluding hydrogens is 525 g/mol. The van der Waals surface area contributed by atoms with Crippen LogP contribution in [0.15, 0.2) is 89.8 Å². The number of rotatable bonds is 11. The van der Waals surface area contributed by atoms with Crippen molar-refractivity contribution in [1.82, 2.24) is 5.32 Å². The first-order valence-electron chi connectivity index (χ1n) is 11.8. The molecule has 4 rings (SSSR count). The molecule has 0 aliphatic heterocycles. The van der Waals surface area contributed by atoms with Crippen molar-refractivity contribution in [1.29, 1.82) is 0 Å². The molecule has 0 spiro atoms. The fourth-order valence-corrected chi connectivity index (χ4v) is 4.78. The zero-order chi connectivity index (χ0) is 26.9. The second kappa shape index (κ2) is 13.1. The molecule has 0 radical (unpaired) electrons. The first-order chi connectivity index (χ1) is 18.5. The van der Waals surface area contributed by atoms with Gasteiger partial charge in [-0.05, 0) is 78.2 Å². The van der Waals surface area contributed by atoms with Crippen LogP contribution < -0.4 is 24.8 Å². The van der Waals surface area contributed by atoms with E-state index in [1.54, 1.807) is 38.5 Å². The number of benzene rings is 4. The summed E-state index contributed by atoms with van der Waals surface area (Å²) in [5.74, 6) is 0.678. The molecule has 6 nitrogen and oxygen atoms in total. The van der Waals surface area contributed by atoms with Gasteiger partial charge in [0.25, 0.3) is 5.91 Å². The number of methoxy groups -OCH3 is 2. The number of para-hydroxylation sites is 1. The minimum absolute atomic E-state index is 0.188. The first kappa shape index (κ1) is 27.2. The normalized spacial score (nSPS) is 10.5. The molecule has 0 aliphatic carbocycles. The van der Waals surface area contributed by atoms with Gasteiger partial charge in [0, 0.05) is 35.1 Å². The summed E-state index contributed by atoms with van der Waals surface area (Å²) in [4.78, 5) is 13.3. The summed E-state index contributed by atoms with van der Waals surface area (Å²) in [5, 5.41) is 6.68. The van der Waals surface area contributed by atoms with Crippen molar-refractivity contribution in [2.75, 3.05) is 37.3 Å². The Morgan fingerprint density at radius 2 is 1.66 bits per heavy atom. The van der Waals surface area contributed by atoms with Gasteiger partial charge in [-0.3, -0.25) is 4.79 Å². The van der Waals surface area contributed by atoms with Crippen LogP contribution in [0.2, 0.25) is 5.02 Å². The SMILES string of the molecule is COc1ccc(-c2cc(F)ccc2Cl)cc1SNc1cccc(NCCNC(=O)c2ccccc2OC)c1. The van der Waals surface area contributed by atoms with Crippen LogP contribution in [-0.2, 0) is 0 Å². The highest BCUT2D eigenvalue weighted by atomic mass is 35.5. The van der Waals surface area contributed by atoms with Crippen LogP contribution in [0, 0.1) is 5.82 Å². The molecule has 0 heterocycles. The Balaban J connectivity index is 1.35. The van der Waals surface area contributed by atoms with E-state index in [-0.39, 0.29) is 11.7 Å². The van der Waals surface area contributed by atoms with E-state index in [2.05, 4.69) is 15.4 Å². The second-order valence-corrected chi connectivity index (χ2v) is 9.41. The van der Waals surface area contributed by atoms with Crippen LogP contribution >= 0.6 is 23.5 Å². The molecule has 196 valence electrons. The Hall–Kier alpha value is -3.88. The topological polar surface area (TPSA) is 71.6 Å². The lowest BCUT2D eigenvalue weighted by Gasteiger charge is -2.14. The Morgan fingerprint density at radius 1 is 0.868 bits per heavy atom. The van der Waals surface area contributed by atoms with Crippen LogP contribution in [0.4, 0.5) is 15.8 Å². The number of hydrogen-bond acceptors (Lipinski definition) is 6. The first-order valence-corrected chi connectivity index (χ1v) is 13.0. The number of halogens is 2. The average Bonchev–Trinajstić information content (AvgIpc) is 2.95. The average molecular weight is 552 g/mol. The van der Waals surface area contributed by atoms with Crippen molar-refractivity contribution in [3.05, 3.63) is 101 Å². The highest BCUT2D eigenvalue weighted by Gasteiger charge is 2.12. The van der Waals surface area contributed by atoms with Gasteiger partial charge >= 0.3 is 0 Å². The fraction of sp³-hybridized carbons (Fsp3) is 0.138. The number of anilines is 2. The van der Waals surface area contributed by atoms with Gasteiger partial charge in [-0.2, -0.15) is 0 Å². The van der Waals surface area contributed by atoms with E-state index in [9.17, 15) is 9.18 Å².